The molecule has 0 saturated carbocycles. The van der Waals surface area contributed by atoms with Crippen molar-refractivity contribution in [1.82, 2.24) is 9.80 Å². The zero-order chi connectivity index (χ0) is 19.5. The van der Waals surface area contributed by atoms with Gasteiger partial charge in [-0.15, -0.1) is 0 Å². The smallest absolute Gasteiger partial charge is 0.322 e. The summed E-state index contributed by atoms with van der Waals surface area (Å²) in [6.07, 6.45) is 0.923. The number of carbonyl (C=O) groups is 1. The number of nitrogens with zero attached hydrogens (tertiary/aromatic N) is 3. The number of rotatable bonds is 3. The van der Waals surface area contributed by atoms with Gasteiger partial charge >= 0.3 is 6.03 Å². The first-order chi connectivity index (χ1) is 13.6. The number of carbonyl (C=O) groups excluding carboxylic acids is 1. The number of fused-ring (bicyclic) bond motifs is 1. The highest BCUT2D eigenvalue weighted by Gasteiger charge is 2.21. The molecule has 28 heavy (non-hydrogen) atoms. The molecule has 0 bridgehead atoms. The maximum atomic E-state index is 12.8. The van der Waals surface area contributed by atoms with Crippen LogP contribution < -0.4 is 10.2 Å². The second kappa shape index (κ2) is 8.23. The number of aryl methyl sites for hydroxylation is 1. The lowest BCUT2D eigenvalue weighted by Gasteiger charge is -2.35. The van der Waals surface area contributed by atoms with Crippen LogP contribution in [0.1, 0.15) is 23.6 Å². The van der Waals surface area contributed by atoms with E-state index in [1.165, 1.54) is 22.4 Å². The molecular weight excluding hydrogens is 348 g/mol. The van der Waals surface area contributed by atoms with E-state index in [4.69, 9.17) is 0 Å². The van der Waals surface area contributed by atoms with Crippen LogP contribution in [0.25, 0.3) is 0 Å². The molecule has 0 spiro atoms. The Labute approximate surface area is 167 Å². The topological polar surface area (TPSA) is 38.8 Å². The molecule has 0 aromatic heterocycles. The van der Waals surface area contributed by atoms with Gasteiger partial charge in [-0.05, 0) is 49.2 Å². The Kier molecular flexibility index (Phi) is 5.53. The van der Waals surface area contributed by atoms with Crippen molar-refractivity contribution in [2.45, 2.75) is 26.8 Å². The fourth-order valence-electron chi connectivity index (χ4n) is 4.16. The number of benzene rings is 2. The molecule has 5 heteroatoms. The first-order valence-electron chi connectivity index (χ1n) is 10.3. The van der Waals surface area contributed by atoms with Crippen LogP contribution in [0.3, 0.4) is 0 Å². The van der Waals surface area contributed by atoms with Gasteiger partial charge in [0.1, 0.15) is 0 Å². The Morgan fingerprint density at radius 1 is 1.00 bits per heavy atom. The molecule has 148 valence electrons. The van der Waals surface area contributed by atoms with E-state index >= 15 is 0 Å². The number of anilines is 2. The molecule has 1 fully saturated rings. The molecule has 0 atom stereocenters. The van der Waals surface area contributed by atoms with E-state index in [1.807, 2.05) is 17.0 Å². The second-order valence-corrected chi connectivity index (χ2v) is 7.85. The van der Waals surface area contributed by atoms with E-state index in [2.05, 4.69) is 59.3 Å². The highest BCUT2D eigenvalue weighted by molar-refractivity contribution is 5.90. The fraction of sp³-hybridized carbons (Fsp3) is 0.435. The molecule has 2 aliphatic rings. The zero-order valence-corrected chi connectivity index (χ0v) is 16.9. The molecule has 2 aliphatic heterocycles. The Balaban J connectivity index is 1.39. The monoisotopic (exact) mass is 378 g/mol. The standard InChI is InChI=1S/C23H30N4O/c1-3-25-11-13-26(14-12-25)22-6-4-5-21(16-22)24-23(28)27-10-9-19-15-18(2)7-8-20(19)17-27/h4-8,15-16H,3,9-14,17H2,1-2H3,(H,24,28). The van der Waals surface area contributed by atoms with Crippen molar-refractivity contribution in [3.05, 3.63) is 59.2 Å². The van der Waals surface area contributed by atoms with Crippen molar-refractivity contribution in [2.24, 2.45) is 0 Å². The molecular formula is C23H30N4O. The molecule has 1 N–H and O–H groups in total. The molecule has 1 saturated heterocycles. The predicted octanol–water partition coefficient (Wildman–Crippen LogP) is 3.73. The Morgan fingerprint density at radius 2 is 1.82 bits per heavy atom. The molecule has 2 heterocycles. The van der Waals surface area contributed by atoms with Crippen molar-refractivity contribution >= 4 is 17.4 Å². The van der Waals surface area contributed by atoms with Crippen LogP contribution in [0, 0.1) is 6.92 Å². The number of hydrogen-bond acceptors (Lipinski definition) is 3. The number of piperazine rings is 1. The fourth-order valence-corrected chi connectivity index (χ4v) is 4.16. The van der Waals surface area contributed by atoms with Crippen LogP contribution >= 0.6 is 0 Å². The third kappa shape index (κ3) is 4.14. The summed E-state index contributed by atoms with van der Waals surface area (Å²) in [7, 11) is 0. The summed E-state index contributed by atoms with van der Waals surface area (Å²) in [4.78, 5) is 19.6. The molecule has 2 amide bonds. The zero-order valence-electron chi connectivity index (χ0n) is 16.9. The maximum Gasteiger partial charge on any atom is 0.322 e. The van der Waals surface area contributed by atoms with E-state index in [0.717, 1.165) is 51.4 Å². The number of amides is 2. The average Bonchev–Trinajstić information content (AvgIpc) is 2.73. The summed E-state index contributed by atoms with van der Waals surface area (Å²) in [6, 6.07) is 14.8. The third-order valence-corrected chi connectivity index (χ3v) is 5.94. The van der Waals surface area contributed by atoms with Crippen LogP contribution in [0.15, 0.2) is 42.5 Å². The quantitative estimate of drug-likeness (QED) is 0.885. The van der Waals surface area contributed by atoms with Crippen molar-refractivity contribution in [3.8, 4) is 0 Å². The van der Waals surface area contributed by atoms with E-state index in [0.29, 0.717) is 6.54 Å². The summed E-state index contributed by atoms with van der Waals surface area (Å²) in [5, 5.41) is 3.10. The summed E-state index contributed by atoms with van der Waals surface area (Å²) >= 11 is 0. The number of nitrogens with one attached hydrogen (secondary N) is 1. The molecule has 0 radical (unpaired) electrons. The predicted molar refractivity (Wildman–Crippen MR) is 115 cm³/mol. The largest absolute Gasteiger partial charge is 0.369 e. The Hall–Kier alpha value is -2.53. The van der Waals surface area contributed by atoms with Gasteiger partial charge in [0, 0.05) is 50.6 Å². The maximum absolute atomic E-state index is 12.8. The van der Waals surface area contributed by atoms with Gasteiger partial charge < -0.3 is 20.0 Å². The van der Waals surface area contributed by atoms with Gasteiger partial charge in [-0.25, -0.2) is 4.79 Å². The van der Waals surface area contributed by atoms with E-state index < -0.39 is 0 Å². The summed E-state index contributed by atoms with van der Waals surface area (Å²) in [6.45, 7) is 11.2. The number of hydrogen-bond donors (Lipinski definition) is 1. The summed E-state index contributed by atoms with van der Waals surface area (Å²) in [5.41, 5.74) is 5.98. The van der Waals surface area contributed by atoms with Crippen LogP contribution in [-0.2, 0) is 13.0 Å². The lowest BCUT2D eigenvalue weighted by molar-refractivity contribution is 0.206. The van der Waals surface area contributed by atoms with E-state index in [1.54, 1.807) is 0 Å². The molecule has 4 rings (SSSR count). The molecule has 0 unspecified atom stereocenters. The first kappa shape index (κ1) is 18.8. The van der Waals surface area contributed by atoms with Gasteiger partial charge in [-0.2, -0.15) is 0 Å². The van der Waals surface area contributed by atoms with Crippen molar-refractivity contribution in [3.63, 3.8) is 0 Å². The van der Waals surface area contributed by atoms with Crippen LogP contribution in [0.5, 0.6) is 0 Å². The highest BCUT2D eigenvalue weighted by Crippen LogP contribution is 2.23. The van der Waals surface area contributed by atoms with Gasteiger partial charge in [0.15, 0.2) is 0 Å². The van der Waals surface area contributed by atoms with E-state index in [-0.39, 0.29) is 6.03 Å². The first-order valence-corrected chi connectivity index (χ1v) is 10.3. The molecule has 2 aromatic rings. The number of likely N-dealkylation sites (N-methyl/N-ethyl adjacent to an activating group) is 1. The van der Waals surface area contributed by atoms with E-state index in [9.17, 15) is 4.79 Å². The lowest BCUT2D eigenvalue weighted by atomic mass is 9.98. The molecule has 0 aliphatic carbocycles. The van der Waals surface area contributed by atoms with Crippen LogP contribution in [0.4, 0.5) is 16.2 Å². The van der Waals surface area contributed by atoms with Crippen molar-refractivity contribution in [1.29, 1.82) is 0 Å². The molecule has 2 aromatic carbocycles. The van der Waals surface area contributed by atoms with Gasteiger partial charge in [0.2, 0.25) is 0 Å². The minimum absolute atomic E-state index is 0.0147. The third-order valence-electron chi connectivity index (χ3n) is 5.94. The summed E-state index contributed by atoms with van der Waals surface area (Å²) in [5.74, 6) is 0. The van der Waals surface area contributed by atoms with Gasteiger partial charge in [0.05, 0.1) is 0 Å². The average molecular weight is 379 g/mol. The van der Waals surface area contributed by atoms with Crippen LogP contribution in [-0.4, -0.2) is 55.1 Å². The van der Waals surface area contributed by atoms with Gasteiger partial charge in [0.25, 0.3) is 0 Å². The molecule has 5 nitrogen and oxygen atoms in total. The summed E-state index contributed by atoms with van der Waals surface area (Å²) < 4.78 is 0. The minimum atomic E-state index is -0.0147. The Morgan fingerprint density at radius 3 is 2.61 bits per heavy atom. The Bertz CT molecular complexity index is 842. The minimum Gasteiger partial charge on any atom is -0.369 e. The second-order valence-electron chi connectivity index (χ2n) is 7.85. The van der Waals surface area contributed by atoms with Gasteiger partial charge in [-0.1, -0.05) is 36.8 Å². The van der Waals surface area contributed by atoms with Crippen LogP contribution in [0.2, 0.25) is 0 Å². The lowest BCUT2D eigenvalue weighted by Crippen LogP contribution is -2.46. The SMILES string of the molecule is CCN1CCN(c2cccc(NC(=O)N3CCc4cc(C)ccc4C3)c2)CC1. The van der Waals surface area contributed by atoms with Crippen molar-refractivity contribution < 1.29 is 4.79 Å². The number of urea groups is 1. The normalized spacial score (nSPS) is 17.4. The highest BCUT2D eigenvalue weighted by atomic mass is 16.2. The van der Waals surface area contributed by atoms with Gasteiger partial charge in [-0.3, -0.25) is 0 Å². The van der Waals surface area contributed by atoms with Crippen molar-refractivity contribution in [2.75, 3.05) is 49.5 Å².